The van der Waals surface area contributed by atoms with Crippen LogP contribution in [0.5, 0.6) is 0 Å². The van der Waals surface area contributed by atoms with Gasteiger partial charge in [-0.05, 0) is 32.4 Å². The standard InChI is InChI=1S/C15H17N5O2S/c1-7(4-10-5-8(2)19-20-10)18-13-11-9(3)12(15(21)22)23-14(11)17-6-16-13/h5-7H,4H2,1-3H3,(H,19,20)(H,21,22)(H,16,17,18)/t7-/m0/s1. The zero-order valence-electron chi connectivity index (χ0n) is 13.0. The van der Waals surface area contributed by atoms with Crippen LogP contribution in [0.1, 0.15) is 33.5 Å². The molecular weight excluding hydrogens is 314 g/mol. The Labute approximate surface area is 136 Å². The molecule has 23 heavy (non-hydrogen) atoms. The van der Waals surface area contributed by atoms with Crippen LogP contribution in [-0.4, -0.2) is 37.3 Å². The summed E-state index contributed by atoms with van der Waals surface area (Å²) in [7, 11) is 0. The molecule has 3 aromatic heterocycles. The smallest absolute Gasteiger partial charge is 0.346 e. The van der Waals surface area contributed by atoms with Gasteiger partial charge in [-0.1, -0.05) is 0 Å². The zero-order chi connectivity index (χ0) is 16.6. The zero-order valence-corrected chi connectivity index (χ0v) is 13.9. The van der Waals surface area contributed by atoms with Crippen molar-refractivity contribution >= 4 is 33.3 Å². The van der Waals surface area contributed by atoms with Crippen molar-refractivity contribution in [2.24, 2.45) is 0 Å². The first kappa shape index (κ1) is 15.4. The van der Waals surface area contributed by atoms with E-state index in [1.54, 1.807) is 6.92 Å². The maximum Gasteiger partial charge on any atom is 0.346 e. The molecule has 8 heteroatoms. The number of nitrogens with one attached hydrogen (secondary N) is 2. The number of aromatic amines is 1. The highest BCUT2D eigenvalue weighted by atomic mass is 32.1. The summed E-state index contributed by atoms with van der Waals surface area (Å²) in [6.45, 7) is 5.79. The normalized spacial score (nSPS) is 12.5. The van der Waals surface area contributed by atoms with Crippen molar-refractivity contribution in [1.82, 2.24) is 20.2 Å². The van der Waals surface area contributed by atoms with Crippen LogP contribution in [0, 0.1) is 13.8 Å². The van der Waals surface area contributed by atoms with E-state index in [1.807, 2.05) is 19.9 Å². The number of nitrogens with zero attached hydrogens (tertiary/aromatic N) is 3. The maximum absolute atomic E-state index is 11.3. The number of hydrogen-bond donors (Lipinski definition) is 3. The van der Waals surface area contributed by atoms with Crippen LogP contribution in [-0.2, 0) is 6.42 Å². The van der Waals surface area contributed by atoms with Crippen molar-refractivity contribution in [2.75, 3.05) is 5.32 Å². The van der Waals surface area contributed by atoms with E-state index in [2.05, 4.69) is 25.5 Å². The number of hydrogen-bond acceptors (Lipinski definition) is 6. The molecule has 1 atom stereocenters. The Bertz CT molecular complexity index is 870. The highest BCUT2D eigenvalue weighted by molar-refractivity contribution is 7.20. The molecule has 7 nitrogen and oxygen atoms in total. The molecule has 0 aromatic carbocycles. The second-order valence-electron chi connectivity index (χ2n) is 5.56. The summed E-state index contributed by atoms with van der Waals surface area (Å²) in [6, 6.07) is 2.11. The van der Waals surface area contributed by atoms with Crippen LogP contribution < -0.4 is 5.32 Å². The highest BCUT2D eigenvalue weighted by Crippen LogP contribution is 2.33. The number of anilines is 1. The van der Waals surface area contributed by atoms with Gasteiger partial charge in [0.05, 0.1) is 11.1 Å². The van der Waals surface area contributed by atoms with E-state index in [1.165, 1.54) is 17.7 Å². The average Bonchev–Trinajstić information content (AvgIpc) is 3.03. The first-order valence-corrected chi connectivity index (χ1v) is 8.02. The SMILES string of the molecule is Cc1cc(C[C@H](C)Nc2ncnc3sc(C(=O)O)c(C)c23)n[nH]1. The Kier molecular flexibility index (Phi) is 3.99. The predicted octanol–water partition coefficient (Wildman–Crippen LogP) is 2.77. The molecule has 3 rings (SSSR count). The van der Waals surface area contributed by atoms with E-state index >= 15 is 0 Å². The van der Waals surface area contributed by atoms with Crippen LogP contribution in [0.2, 0.25) is 0 Å². The molecule has 0 amide bonds. The van der Waals surface area contributed by atoms with Gasteiger partial charge < -0.3 is 10.4 Å². The molecule has 3 heterocycles. The molecule has 0 saturated heterocycles. The van der Waals surface area contributed by atoms with E-state index in [0.29, 0.717) is 21.1 Å². The van der Waals surface area contributed by atoms with E-state index in [9.17, 15) is 9.90 Å². The van der Waals surface area contributed by atoms with Gasteiger partial charge in [0.15, 0.2) is 0 Å². The third kappa shape index (κ3) is 3.02. The molecule has 0 saturated carbocycles. The highest BCUT2D eigenvalue weighted by Gasteiger charge is 2.19. The van der Waals surface area contributed by atoms with Gasteiger partial charge in [-0.25, -0.2) is 14.8 Å². The Morgan fingerprint density at radius 2 is 2.22 bits per heavy atom. The summed E-state index contributed by atoms with van der Waals surface area (Å²) >= 11 is 1.17. The number of rotatable bonds is 5. The summed E-state index contributed by atoms with van der Waals surface area (Å²) in [6.07, 6.45) is 2.20. The molecule has 0 aliphatic rings. The molecule has 0 aliphatic carbocycles. The second kappa shape index (κ2) is 5.96. The number of aromatic nitrogens is 4. The summed E-state index contributed by atoms with van der Waals surface area (Å²) in [5.74, 6) is -0.271. The number of H-pyrrole nitrogens is 1. The van der Waals surface area contributed by atoms with E-state index in [-0.39, 0.29) is 6.04 Å². The van der Waals surface area contributed by atoms with Gasteiger partial charge in [0.25, 0.3) is 0 Å². The lowest BCUT2D eigenvalue weighted by Crippen LogP contribution is -2.19. The number of thiophene rings is 1. The van der Waals surface area contributed by atoms with Crippen LogP contribution in [0.3, 0.4) is 0 Å². The maximum atomic E-state index is 11.3. The van der Waals surface area contributed by atoms with Crippen molar-refractivity contribution in [3.05, 3.63) is 34.2 Å². The van der Waals surface area contributed by atoms with E-state index in [4.69, 9.17) is 0 Å². The Hall–Kier alpha value is -2.48. The minimum absolute atomic E-state index is 0.100. The first-order valence-electron chi connectivity index (χ1n) is 7.20. The van der Waals surface area contributed by atoms with Gasteiger partial charge in [-0.3, -0.25) is 5.10 Å². The largest absolute Gasteiger partial charge is 0.477 e. The van der Waals surface area contributed by atoms with Gasteiger partial charge in [0, 0.05) is 18.2 Å². The first-order chi connectivity index (χ1) is 11.0. The fourth-order valence-corrected chi connectivity index (χ4v) is 3.55. The van der Waals surface area contributed by atoms with Gasteiger partial charge in [0.2, 0.25) is 0 Å². The molecule has 120 valence electrons. The number of carbonyl (C=O) groups is 1. The molecule has 3 N–H and O–H groups in total. The van der Waals surface area contributed by atoms with Crippen molar-refractivity contribution in [2.45, 2.75) is 33.2 Å². The van der Waals surface area contributed by atoms with Gasteiger partial charge in [-0.2, -0.15) is 5.10 Å². The molecule has 0 spiro atoms. The monoisotopic (exact) mass is 331 g/mol. The second-order valence-corrected chi connectivity index (χ2v) is 6.55. The molecule has 0 fully saturated rings. The number of carboxylic acid groups (broad SMARTS) is 1. The van der Waals surface area contributed by atoms with Crippen LogP contribution >= 0.6 is 11.3 Å². The molecule has 0 bridgehead atoms. The van der Waals surface area contributed by atoms with Crippen LogP contribution in [0.15, 0.2) is 12.4 Å². The summed E-state index contributed by atoms with van der Waals surface area (Å²) in [4.78, 5) is 20.8. The predicted molar refractivity (Wildman–Crippen MR) is 89.2 cm³/mol. The number of carboxylic acids is 1. The van der Waals surface area contributed by atoms with Crippen molar-refractivity contribution < 1.29 is 9.90 Å². The molecular formula is C15H17N5O2S. The summed E-state index contributed by atoms with van der Waals surface area (Å²) in [5, 5.41) is 20.5. The number of aryl methyl sites for hydroxylation is 2. The van der Waals surface area contributed by atoms with Gasteiger partial charge in [-0.15, -0.1) is 11.3 Å². The number of fused-ring (bicyclic) bond motifs is 1. The molecule has 0 unspecified atom stereocenters. The topological polar surface area (TPSA) is 104 Å². The molecule has 0 aliphatic heterocycles. The molecule has 3 aromatic rings. The third-order valence-electron chi connectivity index (χ3n) is 3.58. The fraction of sp³-hybridized carbons (Fsp3) is 0.333. The van der Waals surface area contributed by atoms with E-state index in [0.717, 1.165) is 23.2 Å². The lowest BCUT2D eigenvalue weighted by molar-refractivity contribution is 0.0701. The van der Waals surface area contributed by atoms with Gasteiger partial charge >= 0.3 is 5.97 Å². The van der Waals surface area contributed by atoms with Crippen molar-refractivity contribution in [1.29, 1.82) is 0 Å². The van der Waals surface area contributed by atoms with Gasteiger partial charge in [0.1, 0.15) is 21.9 Å². The fourth-order valence-electron chi connectivity index (χ4n) is 2.56. The quantitative estimate of drug-likeness (QED) is 0.664. The minimum atomic E-state index is -0.934. The Morgan fingerprint density at radius 3 is 2.87 bits per heavy atom. The summed E-state index contributed by atoms with van der Waals surface area (Å²) in [5.41, 5.74) is 2.70. The summed E-state index contributed by atoms with van der Waals surface area (Å²) < 4.78 is 0. The minimum Gasteiger partial charge on any atom is -0.477 e. The lowest BCUT2D eigenvalue weighted by atomic mass is 10.1. The van der Waals surface area contributed by atoms with Crippen LogP contribution in [0.25, 0.3) is 10.2 Å². The average molecular weight is 331 g/mol. The van der Waals surface area contributed by atoms with Crippen LogP contribution in [0.4, 0.5) is 5.82 Å². The Morgan fingerprint density at radius 1 is 1.43 bits per heavy atom. The lowest BCUT2D eigenvalue weighted by Gasteiger charge is -2.14. The number of aromatic carboxylic acids is 1. The van der Waals surface area contributed by atoms with E-state index < -0.39 is 5.97 Å². The van der Waals surface area contributed by atoms with Crippen molar-refractivity contribution in [3.8, 4) is 0 Å². The van der Waals surface area contributed by atoms with Crippen molar-refractivity contribution in [3.63, 3.8) is 0 Å². The third-order valence-corrected chi connectivity index (χ3v) is 4.77. The Balaban J connectivity index is 1.89. The molecule has 0 radical (unpaired) electrons.